The first-order valence-electron chi connectivity index (χ1n) is 6.20. The first kappa shape index (κ1) is 14.5. The summed E-state index contributed by atoms with van der Waals surface area (Å²) in [6, 6.07) is 7.02. The Bertz CT molecular complexity index is 374. The quantitative estimate of drug-likeness (QED) is 0.809. The van der Waals surface area contributed by atoms with Crippen LogP contribution >= 0.6 is 0 Å². The zero-order valence-electron chi connectivity index (χ0n) is 11.3. The second-order valence-corrected chi connectivity index (χ2v) is 4.83. The fraction of sp³-hybridized carbons (Fsp3) is 0.500. The average Bonchev–Trinajstić information content (AvgIpc) is 2.35. The molecule has 100 valence electrons. The maximum atomic E-state index is 11.8. The lowest BCUT2D eigenvalue weighted by molar-refractivity contribution is 0.0950. The zero-order chi connectivity index (χ0) is 13.5. The number of ether oxygens (including phenoxy) is 1. The summed E-state index contributed by atoms with van der Waals surface area (Å²) >= 11 is 0. The highest BCUT2D eigenvalue weighted by atomic mass is 16.5. The minimum Gasteiger partial charge on any atom is -0.497 e. The van der Waals surface area contributed by atoms with Gasteiger partial charge in [-0.2, -0.15) is 0 Å². The van der Waals surface area contributed by atoms with Gasteiger partial charge in [-0.15, -0.1) is 0 Å². The molecule has 0 saturated heterocycles. The third kappa shape index (κ3) is 4.75. The molecule has 1 atom stereocenters. The maximum Gasteiger partial charge on any atom is 0.251 e. The van der Waals surface area contributed by atoms with E-state index in [1.54, 1.807) is 31.4 Å². The standard InChI is InChI=1S/C14H22N2O2/c1-10(2)8-12(15)9-16-14(17)11-4-6-13(18-3)7-5-11/h4-7,10,12H,8-9,15H2,1-3H3,(H,16,17). The summed E-state index contributed by atoms with van der Waals surface area (Å²) in [6.45, 7) is 4.74. The van der Waals surface area contributed by atoms with Gasteiger partial charge >= 0.3 is 0 Å². The minimum absolute atomic E-state index is 0.00667. The van der Waals surface area contributed by atoms with Crippen LogP contribution in [0.2, 0.25) is 0 Å². The molecule has 1 aromatic carbocycles. The van der Waals surface area contributed by atoms with Crippen LogP contribution in [0.5, 0.6) is 5.75 Å². The molecule has 1 rings (SSSR count). The Hall–Kier alpha value is -1.55. The molecule has 0 aliphatic heterocycles. The molecule has 4 nitrogen and oxygen atoms in total. The number of nitrogens with two attached hydrogens (primary N) is 1. The van der Waals surface area contributed by atoms with Crippen LogP contribution in [0.3, 0.4) is 0 Å². The molecule has 0 aromatic heterocycles. The number of amides is 1. The van der Waals surface area contributed by atoms with Crippen LogP contribution in [-0.4, -0.2) is 25.6 Å². The number of nitrogens with one attached hydrogen (secondary N) is 1. The fourth-order valence-corrected chi connectivity index (χ4v) is 1.76. The van der Waals surface area contributed by atoms with Gasteiger partial charge in [-0.3, -0.25) is 4.79 Å². The summed E-state index contributed by atoms with van der Waals surface area (Å²) in [5, 5.41) is 2.84. The second kappa shape index (κ2) is 7.01. The SMILES string of the molecule is COc1ccc(C(=O)NCC(N)CC(C)C)cc1. The lowest BCUT2D eigenvalue weighted by Crippen LogP contribution is -2.37. The summed E-state index contributed by atoms with van der Waals surface area (Å²) in [5.74, 6) is 1.18. The molecule has 0 aliphatic rings. The van der Waals surface area contributed by atoms with E-state index in [2.05, 4.69) is 19.2 Å². The highest BCUT2D eigenvalue weighted by Gasteiger charge is 2.09. The Balaban J connectivity index is 2.44. The summed E-state index contributed by atoms with van der Waals surface area (Å²) in [4.78, 5) is 11.8. The molecule has 4 heteroatoms. The van der Waals surface area contributed by atoms with Crippen LogP contribution in [0.15, 0.2) is 24.3 Å². The third-order valence-electron chi connectivity index (χ3n) is 2.65. The molecule has 0 aliphatic carbocycles. The number of carbonyl (C=O) groups is 1. The maximum absolute atomic E-state index is 11.8. The first-order valence-corrected chi connectivity index (χ1v) is 6.20. The van der Waals surface area contributed by atoms with E-state index in [4.69, 9.17) is 10.5 Å². The lowest BCUT2D eigenvalue weighted by Gasteiger charge is -2.14. The van der Waals surface area contributed by atoms with Crippen molar-refractivity contribution in [2.24, 2.45) is 11.7 Å². The highest BCUT2D eigenvalue weighted by Crippen LogP contribution is 2.11. The second-order valence-electron chi connectivity index (χ2n) is 4.83. The van der Waals surface area contributed by atoms with Crippen molar-refractivity contribution < 1.29 is 9.53 Å². The predicted octanol–water partition coefficient (Wildman–Crippen LogP) is 1.80. The number of hydrogen-bond donors (Lipinski definition) is 2. The van der Waals surface area contributed by atoms with Crippen LogP contribution < -0.4 is 15.8 Å². The van der Waals surface area contributed by atoms with Crippen LogP contribution in [-0.2, 0) is 0 Å². The topological polar surface area (TPSA) is 64.3 Å². The molecular formula is C14H22N2O2. The lowest BCUT2D eigenvalue weighted by atomic mass is 10.0. The van der Waals surface area contributed by atoms with E-state index >= 15 is 0 Å². The molecule has 3 N–H and O–H groups in total. The summed E-state index contributed by atoms with van der Waals surface area (Å²) in [7, 11) is 1.60. The number of carbonyl (C=O) groups excluding carboxylic acids is 1. The van der Waals surface area contributed by atoms with Crippen molar-refractivity contribution in [2.75, 3.05) is 13.7 Å². The van der Waals surface area contributed by atoms with Gasteiger partial charge in [-0.05, 0) is 36.6 Å². The van der Waals surface area contributed by atoms with Gasteiger partial charge in [0.15, 0.2) is 0 Å². The Morgan fingerprint density at radius 3 is 2.44 bits per heavy atom. The van der Waals surface area contributed by atoms with E-state index in [9.17, 15) is 4.79 Å². The summed E-state index contributed by atoms with van der Waals surface area (Å²) in [6.07, 6.45) is 0.906. The third-order valence-corrected chi connectivity index (χ3v) is 2.65. The molecule has 0 fully saturated rings. The molecule has 1 unspecified atom stereocenters. The molecule has 0 bridgehead atoms. The average molecular weight is 250 g/mol. The molecule has 0 radical (unpaired) electrons. The van der Waals surface area contributed by atoms with Crippen LogP contribution in [0.25, 0.3) is 0 Å². The Morgan fingerprint density at radius 1 is 1.33 bits per heavy atom. The van der Waals surface area contributed by atoms with Crippen LogP contribution in [0.1, 0.15) is 30.6 Å². The summed E-state index contributed by atoms with van der Waals surface area (Å²) < 4.78 is 5.04. The molecule has 18 heavy (non-hydrogen) atoms. The van der Waals surface area contributed by atoms with Crippen molar-refractivity contribution in [1.82, 2.24) is 5.32 Å². The Kier molecular flexibility index (Phi) is 5.65. The van der Waals surface area contributed by atoms with Gasteiger partial charge in [0.05, 0.1) is 7.11 Å². The number of methoxy groups -OCH3 is 1. The van der Waals surface area contributed by atoms with Crippen molar-refractivity contribution >= 4 is 5.91 Å². The van der Waals surface area contributed by atoms with E-state index in [-0.39, 0.29) is 11.9 Å². The smallest absolute Gasteiger partial charge is 0.251 e. The van der Waals surface area contributed by atoms with Gasteiger partial charge in [-0.25, -0.2) is 0 Å². The van der Waals surface area contributed by atoms with Gasteiger partial charge in [-0.1, -0.05) is 13.8 Å². The van der Waals surface area contributed by atoms with Gasteiger partial charge in [0.25, 0.3) is 5.91 Å². The Labute approximate surface area is 109 Å². The molecule has 1 aromatic rings. The van der Waals surface area contributed by atoms with Crippen molar-refractivity contribution in [2.45, 2.75) is 26.3 Å². The van der Waals surface area contributed by atoms with Gasteiger partial charge in [0.2, 0.25) is 0 Å². The van der Waals surface area contributed by atoms with E-state index in [0.29, 0.717) is 18.0 Å². The van der Waals surface area contributed by atoms with Crippen molar-refractivity contribution in [3.8, 4) is 5.75 Å². The van der Waals surface area contributed by atoms with Gasteiger partial charge in [0.1, 0.15) is 5.75 Å². The van der Waals surface area contributed by atoms with E-state index in [0.717, 1.165) is 12.2 Å². The normalized spacial score (nSPS) is 12.3. The number of hydrogen-bond acceptors (Lipinski definition) is 3. The summed E-state index contributed by atoms with van der Waals surface area (Å²) in [5.41, 5.74) is 6.53. The Morgan fingerprint density at radius 2 is 1.94 bits per heavy atom. The van der Waals surface area contributed by atoms with E-state index in [1.165, 1.54) is 0 Å². The molecular weight excluding hydrogens is 228 g/mol. The van der Waals surface area contributed by atoms with Crippen LogP contribution in [0, 0.1) is 5.92 Å². The fourth-order valence-electron chi connectivity index (χ4n) is 1.76. The molecule has 1 amide bonds. The monoisotopic (exact) mass is 250 g/mol. The van der Waals surface area contributed by atoms with Crippen LogP contribution in [0.4, 0.5) is 0 Å². The number of rotatable bonds is 6. The van der Waals surface area contributed by atoms with Crippen molar-refractivity contribution in [3.05, 3.63) is 29.8 Å². The largest absolute Gasteiger partial charge is 0.497 e. The highest BCUT2D eigenvalue weighted by molar-refractivity contribution is 5.94. The molecule has 0 saturated carbocycles. The minimum atomic E-state index is -0.100. The van der Waals surface area contributed by atoms with Crippen molar-refractivity contribution in [3.63, 3.8) is 0 Å². The van der Waals surface area contributed by atoms with Gasteiger partial charge < -0.3 is 15.8 Å². The number of benzene rings is 1. The van der Waals surface area contributed by atoms with E-state index < -0.39 is 0 Å². The van der Waals surface area contributed by atoms with Crippen molar-refractivity contribution in [1.29, 1.82) is 0 Å². The molecule has 0 spiro atoms. The van der Waals surface area contributed by atoms with Gasteiger partial charge in [0, 0.05) is 18.2 Å². The zero-order valence-corrected chi connectivity index (χ0v) is 11.3. The predicted molar refractivity (Wildman–Crippen MR) is 72.8 cm³/mol. The molecule has 0 heterocycles. The van der Waals surface area contributed by atoms with E-state index in [1.807, 2.05) is 0 Å². The first-order chi connectivity index (χ1) is 8.52.